The SMILES string of the molecule is CC(C)C(NC(=O)c1cccc(Cl)c1)C(=O)NN=Cc1ccc(-c2ccc(Cl)cc2[N+](=O)[O-])o1. The van der Waals surface area contributed by atoms with E-state index in [1.807, 2.05) is 0 Å². The fourth-order valence-corrected chi connectivity index (χ4v) is 3.41. The summed E-state index contributed by atoms with van der Waals surface area (Å²) < 4.78 is 5.59. The number of amides is 2. The molecule has 2 N–H and O–H groups in total. The highest BCUT2D eigenvalue weighted by atomic mass is 35.5. The molecule has 34 heavy (non-hydrogen) atoms. The number of nitro groups is 1. The molecule has 1 atom stereocenters. The van der Waals surface area contributed by atoms with E-state index in [0.29, 0.717) is 10.6 Å². The molecule has 2 aromatic carbocycles. The van der Waals surface area contributed by atoms with Crippen LogP contribution in [-0.4, -0.2) is 29.0 Å². The van der Waals surface area contributed by atoms with E-state index < -0.39 is 22.8 Å². The molecule has 0 aliphatic carbocycles. The van der Waals surface area contributed by atoms with E-state index in [1.54, 1.807) is 44.2 Å². The third kappa shape index (κ3) is 6.21. The van der Waals surface area contributed by atoms with Gasteiger partial charge in [-0.1, -0.05) is 43.1 Å². The summed E-state index contributed by atoms with van der Waals surface area (Å²) in [5, 5.41) is 18.5. The van der Waals surface area contributed by atoms with Gasteiger partial charge in [0.2, 0.25) is 0 Å². The van der Waals surface area contributed by atoms with Crippen molar-refractivity contribution in [2.24, 2.45) is 11.0 Å². The summed E-state index contributed by atoms with van der Waals surface area (Å²) in [4.78, 5) is 35.8. The topological polar surface area (TPSA) is 127 Å². The highest BCUT2D eigenvalue weighted by molar-refractivity contribution is 6.31. The third-order valence-corrected chi connectivity index (χ3v) is 5.21. The Labute approximate surface area is 204 Å². The minimum Gasteiger partial charge on any atom is -0.455 e. The first-order valence-electron chi connectivity index (χ1n) is 10.1. The summed E-state index contributed by atoms with van der Waals surface area (Å²) >= 11 is 11.8. The lowest BCUT2D eigenvalue weighted by Crippen LogP contribution is -2.48. The Morgan fingerprint density at radius 2 is 1.82 bits per heavy atom. The molecule has 0 radical (unpaired) electrons. The van der Waals surface area contributed by atoms with Gasteiger partial charge < -0.3 is 9.73 Å². The van der Waals surface area contributed by atoms with Crippen molar-refractivity contribution in [3.05, 3.63) is 86.1 Å². The molecule has 3 aromatic rings. The Morgan fingerprint density at radius 1 is 1.09 bits per heavy atom. The summed E-state index contributed by atoms with van der Waals surface area (Å²) in [7, 11) is 0. The van der Waals surface area contributed by atoms with Crippen LogP contribution in [0.1, 0.15) is 30.0 Å². The van der Waals surface area contributed by atoms with Gasteiger partial charge in [-0.05, 0) is 48.4 Å². The largest absolute Gasteiger partial charge is 0.455 e. The molecule has 2 amide bonds. The van der Waals surface area contributed by atoms with Gasteiger partial charge >= 0.3 is 0 Å². The molecule has 0 aliphatic heterocycles. The summed E-state index contributed by atoms with van der Waals surface area (Å²) in [5.74, 6) is -0.699. The standard InChI is InChI=1S/C23H20Cl2N4O5/c1-13(2)21(27-22(30)14-4-3-5-15(24)10-14)23(31)28-26-12-17-7-9-20(34-17)18-8-6-16(25)11-19(18)29(32)33/h3-13,21H,1-2H3,(H,27,30)(H,28,31). The third-order valence-electron chi connectivity index (χ3n) is 4.74. The Kier molecular flexibility index (Phi) is 8.04. The van der Waals surface area contributed by atoms with Crippen LogP contribution in [0.15, 0.2) is 64.1 Å². The number of nitrogens with zero attached hydrogens (tertiary/aromatic N) is 2. The first-order chi connectivity index (χ1) is 16.2. The van der Waals surface area contributed by atoms with Crippen molar-refractivity contribution in [1.82, 2.24) is 10.7 Å². The number of benzene rings is 2. The number of hydrogen-bond acceptors (Lipinski definition) is 6. The molecular formula is C23H20Cl2N4O5. The zero-order chi connectivity index (χ0) is 24.8. The van der Waals surface area contributed by atoms with E-state index >= 15 is 0 Å². The van der Waals surface area contributed by atoms with Crippen LogP contribution in [-0.2, 0) is 4.79 Å². The zero-order valence-electron chi connectivity index (χ0n) is 18.1. The highest BCUT2D eigenvalue weighted by Crippen LogP contribution is 2.33. The maximum absolute atomic E-state index is 12.6. The fourth-order valence-electron chi connectivity index (χ4n) is 3.05. The van der Waals surface area contributed by atoms with E-state index in [2.05, 4.69) is 15.8 Å². The summed E-state index contributed by atoms with van der Waals surface area (Å²) in [6.45, 7) is 3.56. The molecule has 3 rings (SSSR count). The second kappa shape index (κ2) is 11.0. The van der Waals surface area contributed by atoms with Crippen molar-refractivity contribution < 1.29 is 18.9 Å². The molecule has 0 fully saturated rings. The van der Waals surface area contributed by atoms with Crippen molar-refractivity contribution in [2.45, 2.75) is 19.9 Å². The second-order valence-corrected chi connectivity index (χ2v) is 8.43. The predicted molar refractivity (Wildman–Crippen MR) is 129 cm³/mol. The van der Waals surface area contributed by atoms with Gasteiger partial charge in [0, 0.05) is 21.7 Å². The number of nitro benzene ring substituents is 1. The van der Waals surface area contributed by atoms with Crippen molar-refractivity contribution in [3.8, 4) is 11.3 Å². The van der Waals surface area contributed by atoms with Crippen molar-refractivity contribution in [3.63, 3.8) is 0 Å². The number of halogens is 2. The number of rotatable bonds is 8. The Morgan fingerprint density at radius 3 is 2.50 bits per heavy atom. The van der Waals surface area contributed by atoms with Crippen LogP contribution in [0.5, 0.6) is 0 Å². The molecule has 9 nitrogen and oxygen atoms in total. The van der Waals surface area contributed by atoms with E-state index in [-0.39, 0.29) is 33.7 Å². The summed E-state index contributed by atoms with van der Waals surface area (Å²) in [6, 6.07) is 12.9. The maximum atomic E-state index is 12.6. The van der Waals surface area contributed by atoms with Crippen molar-refractivity contribution in [2.75, 3.05) is 0 Å². The van der Waals surface area contributed by atoms with Gasteiger partial charge in [-0.3, -0.25) is 19.7 Å². The predicted octanol–water partition coefficient (Wildman–Crippen LogP) is 5.07. The van der Waals surface area contributed by atoms with Gasteiger partial charge in [-0.15, -0.1) is 0 Å². The van der Waals surface area contributed by atoms with Gasteiger partial charge in [0.05, 0.1) is 16.7 Å². The number of hydrazone groups is 1. The van der Waals surface area contributed by atoms with Crippen LogP contribution in [0, 0.1) is 16.0 Å². The number of carbonyl (C=O) groups is 2. The molecule has 0 saturated carbocycles. The van der Waals surface area contributed by atoms with Gasteiger partial charge in [0.25, 0.3) is 17.5 Å². The Hall–Kier alpha value is -3.69. The summed E-state index contributed by atoms with van der Waals surface area (Å²) in [5.41, 5.74) is 2.75. The average molecular weight is 503 g/mol. The molecular weight excluding hydrogens is 483 g/mol. The Bertz CT molecular complexity index is 1260. The lowest BCUT2D eigenvalue weighted by molar-refractivity contribution is -0.384. The van der Waals surface area contributed by atoms with Crippen LogP contribution in [0.4, 0.5) is 5.69 Å². The molecule has 0 saturated heterocycles. The molecule has 1 unspecified atom stereocenters. The minimum atomic E-state index is -0.854. The van der Waals surface area contributed by atoms with Crippen molar-refractivity contribution >= 4 is 46.9 Å². The van der Waals surface area contributed by atoms with Crippen LogP contribution in [0.3, 0.4) is 0 Å². The van der Waals surface area contributed by atoms with Gasteiger partial charge in [-0.25, -0.2) is 5.43 Å². The molecule has 11 heteroatoms. The number of nitrogens with one attached hydrogen (secondary N) is 2. The first kappa shape index (κ1) is 24.9. The smallest absolute Gasteiger partial charge is 0.281 e. The fraction of sp³-hybridized carbons (Fsp3) is 0.174. The van der Waals surface area contributed by atoms with Gasteiger partial charge in [0.15, 0.2) is 0 Å². The molecule has 0 aliphatic rings. The van der Waals surface area contributed by atoms with Gasteiger partial charge in [0.1, 0.15) is 17.6 Å². The lowest BCUT2D eigenvalue weighted by atomic mass is 10.0. The van der Waals surface area contributed by atoms with Crippen LogP contribution in [0.25, 0.3) is 11.3 Å². The summed E-state index contributed by atoms with van der Waals surface area (Å²) in [6.07, 6.45) is 1.25. The van der Waals surface area contributed by atoms with Crippen LogP contribution in [0.2, 0.25) is 10.0 Å². The van der Waals surface area contributed by atoms with Crippen LogP contribution >= 0.6 is 23.2 Å². The van der Waals surface area contributed by atoms with E-state index in [9.17, 15) is 19.7 Å². The zero-order valence-corrected chi connectivity index (χ0v) is 19.6. The van der Waals surface area contributed by atoms with E-state index in [0.717, 1.165) is 0 Å². The number of furan rings is 1. The molecule has 176 valence electrons. The average Bonchev–Trinajstić information content (AvgIpc) is 3.25. The molecule has 1 aromatic heterocycles. The number of carbonyl (C=O) groups excluding carboxylic acids is 2. The lowest BCUT2D eigenvalue weighted by Gasteiger charge is -2.20. The first-order valence-corrected chi connectivity index (χ1v) is 10.8. The van der Waals surface area contributed by atoms with Crippen molar-refractivity contribution in [1.29, 1.82) is 0 Å². The molecule has 1 heterocycles. The monoisotopic (exact) mass is 502 g/mol. The van der Waals surface area contributed by atoms with E-state index in [4.69, 9.17) is 27.6 Å². The quantitative estimate of drug-likeness (QED) is 0.252. The van der Waals surface area contributed by atoms with Crippen LogP contribution < -0.4 is 10.7 Å². The van der Waals surface area contributed by atoms with E-state index in [1.165, 1.54) is 30.5 Å². The highest BCUT2D eigenvalue weighted by Gasteiger charge is 2.24. The second-order valence-electron chi connectivity index (χ2n) is 7.56. The molecule has 0 spiro atoms. The maximum Gasteiger partial charge on any atom is 0.281 e. The minimum absolute atomic E-state index is 0.200. The molecule has 0 bridgehead atoms. The number of hydrogen-bond donors (Lipinski definition) is 2. The van der Waals surface area contributed by atoms with Gasteiger partial charge in [-0.2, -0.15) is 5.10 Å². The normalized spacial score (nSPS) is 12.0. The Balaban J connectivity index is 1.67.